The number of nitrogens with zero attached hydrogens (tertiary/aromatic N) is 3. The summed E-state index contributed by atoms with van der Waals surface area (Å²) in [5, 5.41) is 10.7. The molecule has 5 aromatic rings. The van der Waals surface area contributed by atoms with Crippen LogP contribution in [-0.2, 0) is 19.9 Å². The van der Waals surface area contributed by atoms with Crippen LogP contribution in [0.1, 0.15) is 27.2 Å². The Kier molecular flexibility index (Phi) is 3.77. The zero-order valence-corrected chi connectivity index (χ0v) is 17.3. The number of rotatable bonds is 3. The molecule has 31 heavy (non-hydrogen) atoms. The van der Waals surface area contributed by atoms with Gasteiger partial charge < -0.3 is 9.73 Å². The molecule has 0 saturated carbocycles. The van der Waals surface area contributed by atoms with Crippen molar-refractivity contribution in [3.63, 3.8) is 0 Å². The van der Waals surface area contributed by atoms with Gasteiger partial charge in [0.1, 0.15) is 5.69 Å². The molecule has 0 radical (unpaired) electrons. The largest absolute Gasteiger partial charge is 0.463 e. The van der Waals surface area contributed by atoms with Crippen LogP contribution < -0.4 is 5.32 Å². The molecule has 1 amide bonds. The third kappa shape index (κ3) is 2.68. The Balaban J connectivity index is 1.50. The van der Waals surface area contributed by atoms with E-state index in [9.17, 15) is 4.79 Å². The molecule has 1 aliphatic carbocycles. The molecular weight excluding hydrogens is 388 g/mol. The minimum Gasteiger partial charge on any atom is -0.463 e. The molecule has 6 nitrogen and oxygen atoms in total. The van der Waals surface area contributed by atoms with Gasteiger partial charge >= 0.3 is 0 Å². The molecule has 0 atom stereocenters. The first-order chi connectivity index (χ1) is 15.1. The first-order valence-corrected chi connectivity index (χ1v) is 10.3. The van der Waals surface area contributed by atoms with Gasteiger partial charge in [-0.15, -0.1) is 0 Å². The lowest BCUT2D eigenvalue weighted by atomic mass is 10.0. The number of aryl methyl sites for hydroxylation is 4. The van der Waals surface area contributed by atoms with Crippen molar-refractivity contribution in [2.45, 2.75) is 19.8 Å². The highest BCUT2D eigenvalue weighted by Crippen LogP contribution is 2.35. The van der Waals surface area contributed by atoms with E-state index in [1.807, 2.05) is 32.2 Å². The Morgan fingerprint density at radius 2 is 1.90 bits per heavy atom. The van der Waals surface area contributed by atoms with Crippen LogP contribution in [0.15, 0.2) is 59.2 Å². The highest BCUT2D eigenvalue weighted by atomic mass is 16.3. The van der Waals surface area contributed by atoms with Gasteiger partial charge in [-0.3, -0.25) is 9.48 Å². The quantitative estimate of drug-likeness (QED) is 0.454. The molecule has 2 aromatic carbocycles. The molecular formula is C25H20N4O2. The summed E-state index contributed by atoms with van der Waals surface area (Å²) < 4.78 is 7.24. The number of hydrogen-bond acceptors (Lipinski definition) is 4. The average Bonchev–Trinajstić information content (AvgIpc) is 3.51. The predicted octanol–water partition coefficient (Wildman–Crippen LogP) is 5.04. The lowest BCUT2D eigenvalue weighted by molar-refractivity contribution is 0.102. The van der Waals surface area contributed by atoms with Crippen molar-refractivity contribution in [3.8, 4) is 11.5 Å². The predicted molar refractivity (Wildman–Crippen MR) is 120 cm³/mol. The number of furan rings is 1. The minimum absolute atomic E-state index is 0.185. The lowest BCUT2D eigenvalue weighted by Crippen LogP contribution is -2.13. The van der Waals surface area contributed by atoms with E-state index in [0.717, 1.165) is 35.0 Å². The molecule has 0 fully saturated rings. The standard InChI is InChI=1S/C25H20N4O2/c1-14-22-18(13-20(21-7-4-12-31-21)26-24(22)29(2)28-14)25(30)27-19-11-10-16-9-8-15-5-3-6-17(19)23(15)16/h3-7,10-13H,8-9H2,1-2H3,(H,27,30). The molecule has 0 spiro atoms. The van der Waals surface area contributed by atoms with Gasteiger partial charge in [0, 0.05) is 18.1 Å². The number of nitrogens with one attached hydrogen (secondary N) is 1. The second-order valence-corrected chi connectivity index (χ2v) is 8.01. The second-order valence-electron chi connectivity index (χ2n) is 8.01. The number of aromatic nitrogens is 3. The second kappa shape index (κ2) is 6.54. The van der Waals surface area contributed by atoms with Crippen molar-refractivity contribution in [1.29, 1.82) is 0 Å². The Morgan fingerprint density at radius 1 is 1.06 bits per heavy atom. The molecule has 0 saturated heterocycles. The summed E-state index contributed by atoms with van der Waals surface area (Å²) >= 11 is 0. The van der Waals surface area contributed by atoms with E-state index in [0.29, 0.717) is 22.7 Å². The molecule has 152 valence electrons. The monoisotopic (exact) mass is 408 g/mol. The fourth-order valence-electron chi connectivity index (χ4n) is 4.72. The number of anilines is 1. The topological polar surface area (TPSA) is 73.0 Å². The molecule has 6 rings (SSSR count). The van der Waals surface area contributed by atoms with Crippen molar-refractivity contribution in [3.05, 3.63) is 77.2 Å². The van der Waals surface area contributed by atoms with E-state index in [2.05, 4.69) is 34.7 Å². The van der Waals surface area contributed by atoms with Gasteiger partial charge in [-0.25, -0.2) is 4.98 Å². The van der Waals surface area contributed by atoms with E-state index < -0.39 is 0 Å². The maximum absolute atomic E-state index is 13.5. The number of amides is 1. The summed E-state index contributed by atoms with van der Waals surface area (Å²) in [7, 11) is 1.83. The van der Waals surface area contributed by atoms with Gasteiger partial charge in [0.25, 0.3) is 5.91 Å². The number of fused-ring (bicyclic) bond motifs is 1. The van der Waals surface area contributed by atoms with Crippen molar-refractivity contribution in [2.24, 2.45) is 7.05 Å². The molecule has 0 unspecified atom stereocenters. The summed E-state index contributed by atoms with van der Waals surface area (Å²) in [5.74, 6) is 0.426. The maximum Gasteiger partial charge on any atom is 0.256 e. The Bertz CT molecular complexity index is 1490. The van der Waals surface area contributed by atoms with E-state index >= 15 is 0 Å². The number of carbonyl (C=O) groups excluding carboxylic acids is 1. The van der Waals surface area contributed by atoms with Crippen LogP contribution in [0.5, 0.6) is 0 Å². The van der Waals surface area contributed by atoms with Gasteiger partial charge in [0.2, 0.25) is 0 Å². The molecule has 6 heteroatoms. The van der Waals surface area contributed by atoms with E-state index in [1.165, 1.54) is 16.5 Å². The van der Waals surface area contributed by atoms with Crippen LogP contribution in [0.4, 0.5) is 5.69 Å². The fraction of sp³-hybridized carbons (Fsp3) is 0.160. The van der Waals surface area contributed by atoms with Crippen molar-refractivity contribution in [1.82, 2.24) is 14.8 Å². The minimum atomic E-state index is -0.185. The van der Waals surface area contributed by atoms with Crippen LogP contribution in [0.25, 0.3) is 33.3 Å². The SMILES string of the molecule is Cc1nn(C)c2nc(-c3ccco3)cc(C(=O)Nc3ccc4c5c(cccc35)CC4)c12. The van der Waals surface area contributed by atoms with Gasteiger partial charge in [-0.2, -0.15) is 5.10 Å². The van der Waals surface area contributed by atoms with E-state index in [4.69, 9.17) is 9.40 Å². The lowest BCUT2D eigenvalue weighted by Gasteiger charge is -2.12. The number of benzene rings is 2. The fourth-order valence-corrected chi connectivity index (χ4v) is 4.72. The van der Waals surface area contributed by atoms with Gasteiger partial charge in [-0.1, -0.05) is 24.3 Å². The van der Waals surface area contributed by atoms with Gasteiger partial charge in [0.15, 0.2) is 11.4 Å². The first-order valence-electron chi connectivity index (χ1n) is 10.3. The smallest absolute Gasteiger partial charge is 0.256 e. The average molecular weight is 408 g/mol. The normalized spacial score (nSPS) is 12.7. The molecule has 1 aliphatic rings. The number of carbonyl (C=O) groups is 1. The first kappa shape index (κ1) is 17.9. The molecule has 3 aromatic heterocycles. The van der Waals surface area contributed by atoms with Gasteiger partial charge in [0.05, 0.1) is 22.9 Å². The third-order valence-corrected chi connectivity index (χ3v) is 6.11. The van der Waals surface area contributed by atoms with Crippen LogP contribution in [0, 0.1) is 6.92 Å². The number of pyridine rings is 1. The van der Waals surface area contributed by atoms with Crippen LogP contribution in [0.3, 0.4) is 0 Å². The Labute approximate surface area is 178 Å². The molecule has 0 bridgehead atoms. The van der Waals surface area contributed by atoms with E-state index in [1.54, 1.807) is 17.0 Å². The van der Waals surface area contributed by atoms with Crippen LogP contribution >= 0.6 is 0 Å². The zero-order valence-electron chi connectivity index (χ0n) is 17.3. The van der Waals surface area contributed by atoms with E-state index in [-0.39, 0.29) is 5.91 Å². The summed E-state index contributed by atoms with van der Waals surface area (Å²) in [6, 6.07) is 15.9. The van der Waals surface area contributed by atoms with Crippen molar-refractivity contribution >= 4 is 33.4 Å². The Hall–Kier alpha value is -3.93. The summed E-state index contributed by atoms with van der Waals surface area (Å²) in [4.78, 5) is 18.2. The third-order valence-electron chi connectivity index (χ3n) is 6.11. The molecule has 1 N–H and O–H groups in total. The van der Waals surface area contributed by atoms with Gasteiger partial charge in [-0.05, 0) is 60.5 Å². The van der Waals surface area contributed by atoms with Crippen LogP contribution in [-0.4, -0.2) is 20.7 Å². The maximum atomic E-state index is 13.5. The summed E-state index contributed by atoms with van der Waals surface area (Å²) in [6.45, 7) is 1.90. The zero-order chi connectivity index (χ0) is 21.1. The highest BCUT2D eigenvalue weighted by Gasteiger charge is 2.22. The van der Waals surface area contributed by atoms with Crippen LogP contribution in [0.2, 0.25) is 0 Å². The van der Waals surface area contributed by atoms with Crippen molar-refractivity contribution < 1.29 is 9.21 Å². The number of hydrogen-bond donors (Lipinski definition) is 1. The van der Waals surface area contributed by atoms with Crippen molar-refractivity contribution in [2.75, 3.05) is 5.32 Å². The molecule has 3 heterocycles. The Morgan fingerprint density at radius 3 is 2.71 bits per heavy atom. The summed E-state index contributed by atoms with van der Waals surface area (Å²) in [5.41, 5.74) is 6.06. The summed E-state index contributed by atoms with van der Waals surface area (Å²) in [6.07, 6.45) is 3.70. The highest BCUT2D eigenvalue weighted by molar-refractivity contribution is 6.16. The molecule has 0 aliphatic heterocycles.